The largest absolute Gasteiger partial charge is 0.381 e. The quantitative estimate of drug-likeness (QED) is 0.836. The Morgan fingerprint density at radius 1 is 1.21 bits per heavy atom. The molecule has 1 N–H and O–H groups in total. The van der Waals surface area contributed by atoms with Gasteiger partial charge in [0.15, 0.2) is 0 Å². The highest BCUT2D eigenvalue weighted by Gasteiger charge is 2.13. The minimum absolute atomic E-state index is 0.687. The molecule has 14 heavy (non-hydrogen) atoms. The molecule has 1 heterocycles. The van der Waals surface area contributed by atoms with Gasteiger partial charge in [0, 0.05) is 15.3 Å². The number of halogens is 1. The van der Waals surface area contributed by atoms with E-state index in [-0.39, 0.29) is 0 Å². The molecule has 1 nitrogen and oxygen atoms in total. The van der Waals surface area contributed by atoms with Crippen molar-refractivity contribution >= 4 is 40.0 Å². The highest BCUT2D eigenvalue weighted by atomic mass is 127. The molecule has 0 saturated carbocycles. The van der Waals surface area contributed by atoms with E-state index in [1.54, 1.807) is 0 Å². The number of benzene rings is 1. The van der Waals surface area contributed by atoms with Crippen LogP contribution in [0.4, 0.5) is 5.69 Å². The number of para-hydroxylation sites is 1. The van der Waals surface area contributed by atoms with Crippen molar-refractivity contribution in [2.45, 2.75) is 18.9 Å². The number of hydrogen-bond acceptors (Lipinski definition) is 2. The van der Waals surface area contributed by atoms with E-state index in [1.165, 1.54) is 33.6 Å². The zero-order valence-electron chi connectivity index (χ0n) is 8.00. The Hall–Kier alpha value is 0.1000. The average Bonchev–Trinajstić information content (AvgIpc) is 2.23. The Morgan fingerprint density at radius 3 is 2.64 bits per heavy atom. The van der Waals surface area contributed by atoms with E-state index in [1.807, 2.05) is 0 Å². The molecule has 2 rings (SSSR count). The van der Waals surface area contributed by atoms with Gasteiger partial charge in [-0.3, -0.25) is 0 Å². The highest BCUT2D eigenvalue weighted by molar-refractivity contribution is 14.1. The molecule has 3 heteroatoms. The van der Waals surface area contributed by atoms with Crippen LogP contribution in [0.5, 0.6) is 0 Å². The number of nitrogens with one attached hydrogen (secondary N) is 1. The minimum Gasteiger partial charge on any atom is -0.381 e. The van der Waals surface area contributed by atoms with E-state index < -0.39 is 0 Å². The number of anilines is 1. The van der Waals surface area contributed by atoms with Gasteiger partial charge in [0.25, 0.3) is 0 Å². The molecule has 1 saturated heterocycles. The van der Waals surface area contributed by atoms with Gasteiger partial charge in [-0.25, -0.2) is 0 Å². The van der Waals surface area contributed by atoms with Crippen LogP contribution >= 0.6 is 34.4 Å². The first-order chi connectivity index (χ1) is 6.86. The predicted octanol–water partition coefficient (Wildman–Crippen LogP) is 3.60. The summed E-state index contributed by atoms with van der Waals surface area (Å²) in [5.74, 6) is 2.61. The molecular weight excluding hydrogens is 305 g/mol. The fraction of sp³-hybridized carbons (Fsp3) is 0.455. The first kappa shape index (κ1) is 10.6. The van der Waals surface area contributed by atoms with Crippen LogP contribution in [0.3, 0.4) is 0 Å². The summed E-state index contributed by atoms with van der Waals surface area (Å²) in [7, 11) is 0. The van der Waals surface area contributed by atoms with Crippen LogP contribution < -0.4 is 5.32 Å². The third kappa shape index (κ3) is 2.79. The van der Waals surface area contributed by atoms with Crippen molar-refractivity contribution in [3.63, 3.8) is 0 Å². The summed E-state index contributed by atoms with van der Waals surface area (Å²) in [5.41, 5.74) is 1.30. The standard InChI is InChI=1S/C11H14INS/c12-10-3-1-2-4-11(10)13-9-5-7-14-8-6-9/h1-4,9,13H,5-8H2. The monoisotopic (exact) mass is 319 g/mol. The maximum Gasteiger partial charge on any atom is 0.0478 e. The van der Waals surface area contributed by atoms with Crippen molar-refractivity contribution < 1.29 is 0 Å². The van der Waals surface area contributed by atoms with Gasteiger partial charge in [0.1, 0.15) is 0 Å². The molecule has 1 fully saturated rings. The second kappa shape index (κ2) is 5.26. The Labute approximate surface area is 103 Å². The van der Waals surface area contributed by atoms with E-state index in [0.29, 0.717) is 6.04 Å². The van der Waals surface area contributed by atoms with Crippen molar-refractivity contribution in [1.82, 2.24) is 0 Å². The number of thioether (sulfide) groups is 1. The lowest BCUT2D eigenvalue weighted by Crippen LogP contribution is -2.24. The summed E-state index contributed by atoms with van der Waals surface area (Å²) in [6.07, 6.45) is 2.60. The molecular formula is C11H14INS. The van der Waals surface area contributed by atoms with E-state index in [9.17, 15) is 0 Å². The normalized spacial score (nSPS) is 18.1. The van der Waals surface area contributed by atoms with Crippen LogP contribution in [0.1, 0.15) is 12.8 Å². The van der Waals surface area contributed by atoms with E-state index >= 15 is 0 Å². The van der Waals surface area contributed by atoms with Gasteiger partial charge in [-0.2, -0.15) is 11.8 Å². The lowest BCUT2D eigenvalue weighted by molar-refractivity contribution is 0.666. The smallest absolute Gasteiger partial charge is 0.0478 e. The van der Waals surface area contributed by atoms with E-state index in [4.69, 9.17) is 0 Å². The van der Waals surface area contributed by atoms with Gasteiger partial charge in [0.05, 0.1) is 0 Å². The maximum atomic E-state index is 3.63. The molecule has 0 atom stereocenters. The van der Waals surface area contributed by atoms with Crippen molar-refractivity contribution in [2.75, 3.05) is 16.8 Å². The van der Waals surface area contributed by atoms with Gasteiger partial charge in [-0.1, -0.05) is 12.1 Å². The van der Waals surface area contributed by atoms with Crippen LogP contribution in [0.15, 0.2) is 24.3 Å². The summed E-state index contributed by atoms with van der Waals surface area (Å²) in [6, 6.07) is 9.20. The molecule has 1 aliphatic rings. The topological polar surface area (TPSA) is 12.0 Å². The second-order valence-corrected chi connectivity index (χ2v) is 5.90. The third-order valence-electron chi connectivity index (χ3n) is 2.45. The Kier molecular flexibility index (Phi) is 3.99. The van der Waals surface area contributed by atoms with Crippen molar-refractivity contribution in [2.24, 2.45) is 0 Å². The van der Waals surface area contributed by atoms with Crippen LogP contribution in [-0.4, -0.2) is 17.5 Å². The zero-order chi connectivity index (χ0) is 9.80. The van der Waals surface area contributed by atoms with Crippen molar-refractivity contribution in [3.05, 3.63) is 27.8 Å². The summed E-state index contributed by atoms with van der Waals surface area (Å²) in [4.78, 5) is 0. The lowest BCUT2D eigenvalue weighted by Gasteiger charge is -2.24. The maximum absolute atomic E-state index is 3.63. The summed E-state index contributed by atoms with van der Waals surface area (Å²) in [5, 5.41) is 3.63. The fourth-order valence-electron chi connectivity index (χ4n) is 1.64. The first-order valence-corrected chi connectivity index (χ1v) is 7.18. The van der Waals surface area contributed by atoms with Crippen molar-refractivity contribution in [3.8, 4) is 0 Å². The zero-order valence-corrected chi connectivity index (χ0v) is 11.0. The Bertz CT molecular complexity index is 297. The molecule has 1 aromatic rings. The van der Waals surface area contributed by atoms with Crippen LogP contribution in [-0.2, 0) is 0 Å². The molecule has 0 bridgehead atoms. The minimum atomic E-state index is 0.687. The summed E-state index contributed by atoms with van der Waals surface area (Å²) < 4.78 is 1.32. The third-order valence-corrected chi connectivity index (χ3v) is 4.44. The van der Waals surface area contributed by atoms with E-state index in [0.717, 1.165) is 0 Å². The molecule has 1 aliphatic heterocycles. The summed E-state index contributed by atoms with van der Waals surface area (Å²) >= 11 is 4.46. The number of rotatable bonds is 2. The van der Waals surface area contributed by atoms with Crippen LogP contribution in [0.25, 0.3) is 0 Å². The van der Waals surface area contributed by atoms with Crippen molar-refractivity contribution in [1.29, 1.82) is 0 Å². The lowest BCUT2D eigenvalue weighted by atomic mass is 10.1. The Morgan fingerprint density at radius 2 is 1.93 bits per heavy atom. The fourth-order valence-corrected chi connectivity index (χ4v) is 3.29. The molecule has 0 unspecified atom stereocenters. The molecule has 1 aromatic carbocycles. The van der Waals surface area contributed by atoms with Crippen LogP contribution in [0.2, 0.25) is 0 Å². The molecule has 0 aromatic heterocycles. The van der Waals surface area contributed by atoms with E-state index in [2.05, 4.69) is 63.9 Å². The van der Waals surface area contributed by atoms with Gasteiger partial charge >= 0.3 is 0 Å². The highest BCUT2D eigenvalue weighted by Crippen LogP contribution is 2.23. The Balaban J connectivity index is 1.99. The van der Waals surface area contributed by atoms with Gasteiger partial charge in [-0.15, -0.1) is 0 Å². The van der Waals surface area contributed by atoms with Gasteiger partial charge in [0.2, 0.25) is 0 Å². The number of hydrogen-bond donors (Lipinski definition) is 1. The van der Waals surface area contributed by atoms with Gasteiger partial charge < -0.3 is 5.32 Å². The molecule has 0 aliphatic carbocycles. The second-order valence-electron chi connectivity index (χ2n) is 3.51. The predicted molar refractivity (Wildman–Crippen MR) is 73.1 cm³/mol. The van der Waals surface area contributed by atoms with Crippen LogP contribution in [0, 0.1) is 3.57 Å². The molecule has 76 valence electrons. The van der Waals surface area contributed by atoms with Gasteiger partial charge in [-0.05, 0) is 59.1 Å². The average molecular weight is 319 g/mol. The molecule has 0 spiro atoms. The molecule has 0 amide bonds. The molecule has 0 radical (unpaired) electrons. The SMILES string of the molecule is Ic1ccccc1NC1CCSCC1. The first-order valence-electron chi connectivity index (χ1n) is 4.95. The summed E-state index contributed by atoms with van der Waals surface area (Å²) in [6.45, 7) is 0.